The Bertz CT molecular complexity index is 1390. The van der Waals surface area contributed by atoms with E-state index in [0.29, 0.717) is 11.1 Å². The Balaban J connectivity index is 1.72. The monoisotopic (exact) mass is 427 g/mol. The second-order valence-corrected chi connectivity index (χ2v) is 7.67. The quantitative estimate of drug-likeness (QED) is 0.283. The molecule has 0 aliphatic carbocycles. The van der Waals surface area contributed by atoms with Crippen molar-refractivity contribution in [3.05, 3.63) is 101 Å². The number of aliphatic hydroxyl groups is 1. The first-order valence-electron chi connectivity index (χ1n) is 10.0. The molecule has 1 amide bonds. The van der Waals surface area contributed by atoms with E-state index in [-0.39, 0.29) is 22.8 Å². The van der Waals surface area contributed by atoms with Crippen molar-refractivity contribution >= 4 is 34.4 Å². The second-order valence-electron chi connectivity index (χ2n) is 7.67. The number of aromatic nitrogens is 2. The van der Waals surface area contributed by atoms with Gasteiger partial charge in [0.15, 0.2) is 0 Å². The van der Waals surface area contributed by atoms with Crippen LogP contribution < -0.4 is 4.90 Å². The van der Waals surface area contributed by atoms with Gasteiger partial charge < -0.3 is 10.1 Å². The van der Waals surface area contributed by atoms with Crippen molar-refractivity contribution in [3.8, 4) is 0 Å². The fraction of sp³-hybridized carbons (Fsp3) is 0.0800. The molecule has 2 heterocycles. The summed E-state index contributed by atoms with van der Waals surface area (Å²) in [6.45, 7) is 1.94. The van der Waals surface area contributed by atoms with E-state index in [1.54, 1.807) is 24.3 Å². The molecule has 4 aromatic rings. The number of nitrogens with one attached hydrogen (secondary N) is 1. The van der Waals surface area contributed by atoms with E-state index in [2.05, 4.69) is 9.97 Å². The summed E-state index contributed by atoms with van der Waals surface area (Å²) in [6, 6.07) is 18.8. The number of rotatable bonds is 3. The molecule has 0 saturated carbocycles. The zero-order chi connectivity index (χ0) is 22.4. The number of imidazole rings is 1. The lowest BCUT2D eigenvalue weighted by Gasteiger charge is -2.23. The number of fused-ring (bicyclic) bond motifs is 1. The number of aryl methyl sites for hydroxylation is 1. The van der Waals surface area contributed by atoms with Crippen LogP contribution in [0.15, 0.2) is 78.4 Å². The first-order chi connectivity index (χ1) is 15.4. The number of Topliss-reactive ketones (excluding diaryl/α,β-unsaturated/α-hetero) is 1. The highest BCUT2D eigenvalue weighted by Gasteiger charge is 2.48. The van der Waals surface area contributed by atoms with Crippen LogP contribution in [0.1, 0.15) is 22.7 Å². The average molecular weight is 427 g/mol. The van der Waals surface area contributed by atoms with Crippen molar-refractivity contribution in [2.75, 3.05) is 4.90 Å². The van der Waals surface area contributed by atoms with E-state index in [1.165, 1.54) is 29.2 Å². The number of aliphatic hydroxyl groups excluding tert-OH is 1. The van der Waals surface area contributed by atoms with Crippen LogP contribution in [0.2, 0.25) is 0 Å². The van der Waals surface area contributed by atoms with Crippen molar-refractivity contribution < 1.29 is 19.1 Å². The van der Waals surface area contributed by atoms with Gasteiger partial charge in [-0.05, 0) is 54.4 Å². The molecule has 1 fully saturated rings. The van der Waals surface area contributed by atoms with Gasteiger partial charge in [0.2, 0.25) is 5.95 Å². The van der Waals surface area contributed by atoms with E-state index >= 15 is 0 Å². The van der Waals surface area contributed by atoms with Gasteiger partial charge in [-0.2, -0.15) is 0 Å². The van der Waals surface area contributed by atoms with Gasteiger partial charge in [0.05, 0.1) is 22.6 Å². The Labute approximate surface area is 182 Å². The molecule has 1 aromatic heterocycles. The molecule has 0 bridgehead atoms. The number of anilines is 1. The van der Waals surface area contributed by atoms with E-state index < -0.39 is 23.5 Å². The van der Waals surface area contributed by atoms with Crippen LogP contribution in [0, 0.1) is 12.7 Å². The van der Waals surface area contributed by atoms with E-state index in [1.807, 2.05) is 31.2 Å². The minimum Gasteiger partial charge on any atom is -0.507 e. The number of carbonyl (C=O) groups excluding carboxylic acids is 2. The van der Waals surface area contributed by atoms with Gasteiger partial charge in [-0.15, -0.1) is 0 Å². The fourth-order valence-electron chi connectivity index (χ4n) is 3.99. The summed E-state index contributed by atoms with van der Waals surface area (Å²) in [5.74, 6) is -2.28. The third-order valence-corrected chi connectivity index (χ3v) is 5.53. The summed E-state index contributed by atoms with van der Waals surface area (Å²) in [5.41, 5.74) is 3.19. The van der Waals surface area contributed by atoms with Crippen LogP contribution in [0.5, 0.6) is 0 Å². The van der Waals surface area contributed by atoms with Gasteiger partial charge >= 0.3 is 5.91 Å². The highest BCUT2D eigenvalue weighted by atomic mass is 19.1. The molecule has 0 radical (unpaired) electrons. The van der Waals surface area contributed by atoms with Gasteiger partial charge in [0.25, 0.3) is 5.78 Å². The molecule has 158 valence electrons. The number of hydrogen-bond acceptors (Lipinski definition) is 4. The number of halogens is 1. The maximum Gasteiger partial charge on any atom is 0.302 e. The van der Waals surface area contributed by atoms with Gasteiger partial charge in [0.1, 0.15) is 11.6 Å². The van der Waals surface area contributed by atoms with Crippen LogP contribution in [-0.4, -0.2) is 26.8 Å². The molecule has 7 heteroatoms. The normalized spacial score (nSPS) is 17.9. The molecule has 1 aliphatic heterocycles. The number of carbonyl (C=O) groups is 2. The highest BCUT2D eigenvalue weighted by Crippen LogP contribution is 2.41. The summed E-state index contributed by atoms with van der Waals surface area (Å²) in [5, 5.41) is 11.0. The molecule has 0 spiro atoms. The Morgan fingerprint density at radius 2 is 1.75 bits per heavy atom. The SMILES string of the molecule is Cc1ccc2nc(N3C(=O)C(=O)/C(=C(/O)c4ccc(F)cc4)C3c3ccccc3)[nH]c2c1. The van der Waals surface area contributed by atoms with Crippen molar-refractivity contribution in [1.29, 1.82) is 0 Å². The molecule has 6 nitrogen and oxygen atoms in total. The second kappa shape index (κ2) is 7.46. The molecule has 1 saturated heterocycles. The molecule has 1 unspecified atom stereocenters. The van der Waals surface area contributed by atoms with E-state index in [4.69, 9.17) is 0 Å². The third kappa shape index (κ3) is 3.15. The standard InChI is InChI=1S/C25H18FN3O3/c1-14-7-12-18-19(13-14)28-25(27-18)29-21(15-5-3-2-4-6-15)20(23(31)24(29)32)22(30)16-8-10-17(26)11-9-16/h2-13,21,30H,1H3,(H,27,28)/b22-20+. The molecule has 3 aromatic carbocycles. The lowest BCUT2D eigenvalue weighted by atomic mass is 9.95. The fourth-order valence-corrected chi connectivity index (χ4v) is 3.99. The van der Waals surface area contributed by atoms with Crippen molar-refractivity contribution in [2.24, 2.45) is 0 Å². The summed E-state index contributed by atoms with van der Waals surface area (Å²) < 4.78 is 13.4. The maximum absolute atomic E-state index is 13.4. The average Bonchev–Trinajstić information content (AvgIpc) is 3.32. The lowest BCUT2D eigenvalue weighted by Crippen LogP contribution is -2.30. The molecule has 2 N–H and O–H groups in total. The number of amides is 1. The van der Waals surface area contributed by atoms with Crippen LogP contribution in [0.4, 0.5) is 10.3 Å². The first kappa shape index (κ1) is 19.7. The van der Waals surface area contributed by atoms with Crippen molar-refractivity contribution in [1.82, 2.24) is 9.97 Å². The van der Waals surface area contributed by atoms with Crippen molar-refractivity contribution in [2.45, 2.75) is 13.0 Å². The van der Waals surface area contributed by atoms with Crippen LogP contribution >= 0.6 is 0 Å². The Morgan fingerprint density at radius 3 is 2.47 bits per heavy atom. The minimum absolute atomic E-state index is 0.0792. The summed E-state index contributed by atoms with van der Waals surface area (Å²) in [4.78, 5) is 35.2. The Hall–Kier alpha value is -4.26. The van der Waals surface area contributed by atoms with Crippen LogP contribution in [0.25, 0.3) is 16.8 Å². The summed E-state index contributed by atoms with van der Waals surface area (Å²) in [6.07, 6.45) is 0. The molecule has 1 atom stereocenters. The molecular formula is C25H18FN3O3. The van der Waals surface area contributed by atoms with E-state index in [9.17, 15) is 19.1 Å². The number of ketones is 1. The summed E-state index contributed by atoms with van der Waals surface area (Å²) >= 11 is 0. The Morgan fingerprint density at radius 1 is 1.03 bits per heavy atom. The van der Waals surface area contributed by atoms with Gasteiger partial charge in [-0.25, -0.2) is 9.37 Å². The summed E-state index contributed by atoms with van der Waals surface area (Å²) in [7, 11) is 0. The van der Waals surface area contributed by atoms with Gasteiger partial charge in [0, 0.05) is 5.56 Å². The smallest absolute Gasteiger partial charge is 0.302 e. The number of hydrogen-bond donors (Lipinski definition) is 2. The predicted molar refractivity (Wildman–Crippen MR) is 118 cm³/mol. The maximum atomic E-state index is 13.4. The molecule has 32 heavy (non-hydrogen) atoms. The minimum atomic E-state index is -0.900. The Kier molecular flexibility index (Phi) is 4.59. The zero-order valence-electron chi connectivity index (χ0n) is 17.0. The van der Waals surface area contributed by atoms with Crippen LogP contribution in [0.3, 0.4) is 0 Å². The number of H-pyrrole nitrogens is 1. The topological polar surface area (TPSA) is 86.3 Å². The van der Waals surface area contributed by atoms with Crippen LogP contribution in [-0.2, 0) is 9.59 Å². The van der Waals surface area contributed by atoms with E-state index in [0.717, 1.165) is 11.1 Å². The number of benzene rings is 3. The lowest BCUT2D eigenvalue weighted by molar-refractivity contribution is -0.132. The van der Waals surface area contributed by atoms with Crippen molar-refractivity contribution in [3.63, 3.8) is 0 Å². The first-order valence-corrected chi connectivity index (χ1v) is 10.0. The van der Waals surface area contributed by atoms with Gasteiger partial charge in [-0.1, -0.05) is 36.4 Å². The largest absolute Gasteiger partial charge is 0.507 e. The van der Waals surface area contributed by atoms with Gasteiger partial charge in [-0.3, -0.25) is 14.5 Å². The molecule has 1 aliphatic rings. The predicted octanol–water partition coefficient (Wildman–Crippen LogP) is 4.64. The molecular weight excluding hydrogens is 409 g/mol. The third-order valence-electron chi connectivity index (χ3n) is 5.53. The molecule has 5 rings (SSSR count). The highest BCUT2D eigenvalue weighted by molar-refractivity contribution is 6.51. The number of nitrogens with zero attached hydrogens (tertiary/aromatic N) is 2. The number of aromatic amines is 1. The zero-order valence-corrected chi connectivity index (χ0v) is 17.0.